The van der Waals surface area contributed by atoms with E-state index < -0.39 is 0 Å². The third-order valence-corrected chi connectivity index (χ3v) is 5.39. The van der Waals surface area contributed by atoms with Gasteiger partial charge < -0.3 is 15.1 Å². The van der Waals surface area contributed by atoms with E-state index in [-0.39, 0.29) is 11.4 Å². The highest BCUT2D eigenvalue weighted by Gasteiger charge is 2.34. The molecule has 0 atom stereocenters. The number of H-pyrrole nitrogens is 1. The van der Waals surface area contributed by atoms with Crippen LogP contribution in [0.1, 0.15) is 38.3 Å². The van der Waals surface area contributed by atoms with Gasteiger partial charge in [0.15, 0.2) is 0 Å². The van der Waals surface area contributed by atoms with Gasteiger partial charge in [-0.05, 0) is 39.3 Å². The second-order valence-corrected chi connectivity index (χ2v) is 8.22. The van der Waals surface area contributed by atoms with E-state index in [2.05, 4.69) is 29.3 Å². The number of nitrogens with zero attached hydrogens (tertiary/aromatic N) is 1. The first kappa shape index (κ1) is 18.8. The van der Waals surface area contributed by atoms with Gasteiger partial charge in [0.05, 0.1) is 21.8 Å². The van der Waals surface area contributed by atoms with Crippen LogP contribution >= 0.6 is 11.6 Å². The largest absolute Gasteiger partial charge is 0.396 e. The molecule has 4 rings (SSSR count). The molecule has 0 radical (unpaired) electrons. The summed E-state index contributed by atoms with van der Waals surface area (Å²) in [7, 11) is 0. The van der Waals surface area contributed by atoms with Crippen LogP contribution in [0.3, 0.4) is 0 Å². The predicted octanol–water partition coefficient (Wildman–Crippen LogP) is 6.27. The molecule has 1 aromatic heterocycles. The first-order valence-corrected chi connectivity index (χ1v) is 9.76. The lowest BCUT2D eigenvalue weighted by Crippen LogP contribution is -2.39. The maximum atomic E-state index is 15.9. The molecule has 4 nitrogen and oxygen atoms in total. The lowest BCUT2D eigenvalue weighted by Gasteiger charge is -2.36. The fourth-order valence-electron chi connectivity index (χ4n) is 3.88. The number of hydrogen-bond acceptors (Lipinski definition) is 3. The molecule has 3 aromatic rings. The van der Waals surface area contributed by atoms with E-state index in [1.54, 1.807) is 6.20 Å². The van der Waals surface area contributed by atoms with Gasteiger partial charge in [0.2, 0.25) is 0 Å². The van der Waals surface area contributed by atoms with Gasteiger partial charge in [0.1, 0.15) is 12.4 Å². The monoisotopic (exact) mass is 399 g/mol. The zero-order valence-electron chi connectivity index (χ0n) is 16.4. The van der Waals surface area contributed by atoms with E-state index in [4.69, 9.17) is 16.4 Å². The van der Waals surface area contributed by atoms with Crippen molar-refractivity contribution in [2.75, 3.05) is 11.9 Å². The molecule has 28 heavy (non-hydrogen) atoms. The average molecular weight is 400 g/mol. The van der Waals surface area contributed by atoms with Crippen molar-refractivity contribution < 1.29 is 9.23 Å². The number of anilines is 1. The fourth-order valence-corrected chi connectivity index (χ4v) is 4.09. The molecule has 1 aliphatic rings. The zero-order chi connectivity index (χ0) is 20.1. The number of aryl methyl sites for hydroxylation is 1. The molecule has 2 heterocycles. The van der Waals surface area contributed by atoms with Gasteiger partial charge in [-0.25, -0.2) is 4.39 Å². The van der Waals surface area contributed by atoms with Crippen LogP contribution in [-0.2, 0) is 4.84 Å². The second kappa shape index (κ2) is 6.82. The number of nitrogens with one attached hydrogen (secondary N) is 2. The molecule has 0 unspecified atom stereocenters. The Kier molecular flexibility index (Phi) is 4.58. The SMILES string of the molecule is CCO/N=C1\CC(C)(C)Nc2c(C)cc(-c3cccc4c(Cl)c[nH]c34)c(F)c21. The molecule has 2 N–H and O–H groups in total. The molecule has 0 saturated carbocycles. The van der Waals surface area contributed by atoms with Gasteiger partial charge in [-0.2, -0.15) is 0 Å². The summed E-state index contributed by atoms with van der Waals surface area (Å²) >= 11 is 6.26. The number of hydrogen-bond donors (Lipinski definition) is 2. The highest BCUT2D eigenvalue weighted by atomic mass is 35.5. The Morgan fingerprint density at radius 3 is 2.82 bits per heavy atom. The number of fused-ring (bicyclic) bond motifs is 2. The van der Waals surface area contributed by atoms with Crippen molar-refractivity contribution in [2.24, 2.45) is 5.16 Å². The van der Waals surface area contributed by atoms with Crippen molar-refractivity contribution in [3.63, 3.8) is 0 Å². The molecule has 0 amide bonds. The lowest BCUT2D eigenvalue weighted by atomic mass is 9.84. The summed E-state index contributed by atoms with van der Waals surface area (Å²) < 4.78 is 15.9. The Labute approximate surface area is 168 Å². The van der Waals surface area contributed by atoms with E-state index in [1.165, 1.54) is 0 Å². The number of halogens is 2. The Morgan fingerprint density at radius 1 is 1.29 bits per heavy atom. The third kappa shape index (κ3) is 3.04. The Balaban J connectivity index is 1.99. The van der Waals surface area contributed by atoms with Gasteiger partial charge in [-0.3, -0.25) is 0 Å². The van der Waals surface area contributed by atoms with Crippen molar-refractivity contribution in [3.05, 3.63) is 52.4 Å². The van der Waals surface area contributed by atoms with E-state index >= 15 is 4.39 Å². The minimum Gasteiger partial charge on any atom is -0.396 e. The Hall–Kier alpha value is -2.53. The van der Waals surface area contributed by atoms with Crippen LogP contribution in [0.25, 0.3) is 22.0 Å². The summed E-state index contributed by atoms with van der Waals surface area (Å²) in [5.74, 6) is -0.305. The average Bonchev–Trinajstić information content (AvgIpc) is 3.03. The molecule has 0 fully saturated rings. The molecule has 1 aliphatic heterocycles. The number of para-hydroxylation sites is 1. The molecule has 0 saturated heterocycles. The van der Waals surface area contributed by atoms with Crippen molar-refractivity contribution in [2.45, 2.75) is 39.7 Å². The first-order valence-electron chi connectivity index (χ1n) is 9.39. The molecule has 6 heteroatoms. The molecular formula is C22H23ClFN3O. The number of oxime groups is 1. The van der Waals surface area contributed by atoms with E-state index in [0.29, 0.717) is 34.9 Å². The standard InChI is InChI=1S/C22H23ClFN3O/c1-5-28-27-17-10-22(3,4)26-20-12(2)9-15(19(24)18(17)20)13-7-6-8-14-16(23)11-25-21(13)14/h6-9,11,25-26H,5,10H2,1-4H3/b27-17+. The van der Waals surface area contributed by atoms with Crippen LogP contribution < -0.4 is 5.32 Å². The number of rotatable bonds is 3. The maximum absolute atomic E-state index is 15.9. The summed E-state index contributed by atoms with van der Waals surface area (Å²) in [4.78, 5) is 8.48. The van der Waals surface area contributed by atoms with Gasteiger partial charge in [0.25, 0.3) is 0 Å². The first-order chi connectivity index (χ1) is 13.3. The third-order valence-electron chi connectivity index (χ3n) is 5.08. The Morgan fingerprint density at radius 2 is 2.07 bits per heavy atom. The molecule has 0 aliphatic carbocycles. The van der Waals surface area contributed by atoms with Crippen LogP contribution in [0, 0.1) is 12.7 Å². The van der Waals surface area contributed by atoms with Crippen LogP contribution in [-0.4, -0.2) is 22.8 Å². The van der Waals surface area contributed by atoms with Gasteiger partial charge in [-0.1, -0.05) is 35.0 Å². The van der Waals surface area contributed by atoms with Gasteiger partial charge in [0, 0.05) is 40.4 Å². The summed E-state index contributed by atoms with van der Waals surface area (Å²) in [5, 5.41) is 9.21. The topological polar surface area (TPSA) is 49.4 Å². The quantitative estimate of drug-likeness (QED) is 0.510. The number of aromatic amines is 1. The predicted molar refractivity (Wildman–Crippen MR) is 114 cm³/mol. The van der Waals surface area contributed by atoms with Crippen LogP contribution in [0.2, 0.25) is 5.02 Å². The van der Waals surface area contributed by atoms with Crippen molar-refractivity contribution in [1.82, 2.24) is 4.98 Å². The number of benzene rings is 2. The second-order valence-electron chi connectivity index (χ2n) is 7.81. The minimum atomic E-state index is -0.305. The smallest absolute Gasteiger partial charge is 0.142 e. The molecule has 0 bridgehead atoms. The summed E-state index contributed by atoms with van der Waals surface area (Å²) in [6.07, 6.45) is 2.29. The van der Waals surface area contributed by atoms with Crippen molar-refractivity contribution >= 4 is 33.9 Å². The maximum Gasteiger partial charge on any atom is 0.142 e. The van der Waals surface area contributed by atoms with Gasteiger partial charge >= 0.3 is 0 Å². The fraction of sp³-hybridized carbons (Fsp3) is 0.318. The van der Waals surface area contributed by atoms with E-state index in [9.17, 15) is 0 Å². The number of aromatic nitrogens is 1. The van der Waals surface area contributed by atoms with Crippen LogP contribution in [0.4, 0.5) is 10.1 Å². The van der Waals surface area contributed by atoms with Crippen LogP contribution in [0.15, 0.2) is 35.6 Å². The van der Waals surface area contributed by atoms with Crippen molar-refractivity contribution in [3.8, 4) is 11.1 Å². The highest BCUT2D eigenvalue weighted by molar-refractivity contribution is 6.36. The summed E-state index contributed by atoms with van der Waals surface area (Å²) in [6, 6.07) is 7.60. The minimum absolute atomic E-state index is 0.241. The summed E-state index contributed by atoms with van der Waals surface area (Å²) in [6.45, 7) is 8.43. The van der Waals surface area contributed by atoms with Crippen LogP contribution in [0.5, 0.6) is 0 Å². The van der Waals surface area contributed by atoms with Gasteiger partial charge in [-0.15, -0.1) is 0 Å². The van der Waals surface area contributed by atoms with E-state index in [0.717, 1.165) is 27.7 Å². The zero-order valence-corrected chi connectivity index (χ0v) is 17.2. The van der Waals surface area contributed by atoms with E-state index in [1.807, 2.05) is 38.1 Å². The molecule has 0 spiro atoms. The summed E-state index contributed by atoms with van der Waals surface area (Å²) in [5.41, 5.74) is 4.70. The highest BCUT2D eigenvalue weighted by Crippen LogP contribution is 2.41. The normalized spacial score (nSPS) is 16.9. The molecular weight excluding hydrogens is 377 g/mol. The molecule has 2 aromatic carbocycles. The van der Waals surface area contributed by atoms with Crippen molar-refractivity contribution in [1.29, 1.82) is 0 Å². The lowest BCUT2D eigenvalue weighted by molar-refractivity contribution is 0.157. The molecule has 146 valence electrons. The Bertz CT molecular complexity index is 1100.